The fourth-order valence-corrected chi connectivity index (χ4v) is 2.00. The van der Waals surface area contributed by atoms with Gasteiger partial charge in [-0.3, -0.25) is 0 Å². The van der Waals surface area contributed by atoms with Crippen LogP contribution in [0.1, 0.15) is 19.2 Å². The van der Waals surface area contributed by atoms with Gasteiger partial charge in [-0.1, -0.05) is 30.1 Å². The Hall–Kier alpha value is -0.730. The summed E-state index contributed by atoms with van der Waals surface area (Å²) in [5, 5.41) is 1.14. The van der Waals surface area contributed by atoms with Crippen molar-refractivity contribution in [3.05, 3.63) is 28.0 Å². The minimum absolute atomic E-state index is 0.560. The lowest BCUT2D eigenvalue weighted by Gasteiger charge is -2.00. The number of nitrogens with zero attached hydrogens (tertiary/aromatic N) is 2. The molecular formula is C11H12Cl2N2. The van der Waals surface area contributed by atoms with Crippen LogP contribution in [0.5, 0.6) is 0 Å². The summed E-state index contributed by atoms with van der Waals surface area (Å²) in [5.74, 6) is 1.07. The van der Waals surface area contributed by atoms with Crippen LogP contribution < -0.4 is 0 Å². The quantitative estimate of drug-likeness (QED) is 0.783. The summed E-state index contributed by atoms with van der Waals surface area (Å²) in [7, 11) is 2.00. The van der Waals surface area contributed by atoms with E-state index < -0.39 is 0 Å². The summed E-state index contributed by atoms with van der Waals surface area (Å²) in [5.41, 5.74) is 1.95. The first-order chi connectivity index (χ1) is 7.13. The van der Waals surface area contributed by atoms with Crippen molar-refractivity contribution in [3.63, 3.8) is 0 Å². The Kier molecular flexibility index (Phi) is 2.89. The molecule has 2 aromatic rings. The van der Waals surface area contributed by atoms with Gasteiger partial charge in [-0.15, -0.1) is 0 Å². The molecule has 1 aromatic carbocycles. The van der Waals surface area contributed by atoms with E-state index in [1.54, 1.807) is 0 Å². The largest absolute Gasteiger partial charge is 0.331 e. The molecule has 0 aliphatic heterocycles. The molecule has 0 aliphatic carbocycles. The van der Waals surface area contributed by atoms with Crippen molar-refractivity contribution in [2.24, 2.45) is 7.05 Å². The normalized spacial score (nSPS) is 11.2. The molecule has 0 fully saturated rings. The highest BCUT2D eigenvalue weighted by atomic mass is 35.5. The Morgan fingerprint density at radius 2 is 1.93 bits per heavy atom. The van der Waals surface area contributed by atoms with Crippen molar-refractivity contribution in [2.75, 3.05) is 0 Å². The summed E-state index contributed by atoms with van der Waals surface area (Å²) in [6.07, 6.45) is 2.05. The molecule has 15 heavy (non-hydrogen) atoms. The van der Waals surface area contributed by atoms with Crippen LogP contribution in [0, 0.1) is 0 Å². The minimum atomic E-state index is 0.560. The molecular weight excluding hydrogens is 231 g/mol. The molecule has 0 spiro atoms. The standard InChI is InChI=1S/C11H12Cl2N2/c1-3-4-11-14-9-5-7(12)8(13)6-10(9)15(11)2/h5-6H,3-4H2,1-2H3. The molecule has 0 atom stereocenters. The van der Waals surface area contributed by atoms with E-state index in [-0.39, 0.29) is 0 Å². The van der Waals surface area contributed by atoms with E-state index in [0.29, 0.717) is 10.0 Å². The third-order valence-electron chi connectivity index (χ3n) is 2.49. The van der Waals surface area contributed by atoms with Gasteiger partial charge in [0.05, 0.1) is 21.1 Å². The molecule has 0 unspecified atom stereocenters. The van der Waals surface area contributed by atoms with Crippen LogP contribution in [0.15, 0.2) is 12.1 Å². The predicted octanol–water partition coefficient (Wildman–Crippen LogP) is 3.83. The Labute approximate surface area is 98.8 Å². The highest BCUT2D eigenvalue weighted by Gasteiger charge is 2.09. The molecule has 1 heterocycles. The SMILES string of the molecule is CCCc1nc2cc(Cl)c(Cl)cc2n1C. The molecule has 0 saturated heterocycles. The van der Waals surface area contributed by atoms with Gasteiger partial charge in [-0.2, -0.15) is 0 Å². The van der Waals surface area contributed by atoms with Crippen LogP contribution in [0.3, 0.4) is 0 Å². The molecule has 2 nitrogen and oxygen atoms in total. The van der Waals surface area contributed by atoms with E-state index in [0.717, 1.165) is 29.7 Å². The van der Waals surface area contributed by atoms with Crippen LogP contribution >= 0.6 is 23.2 Å². The third-order valence-corrected chi connectivity index (χ3v) is 3.21. The van der Waals surface area contributed by atoms with E-state index in [9.17, 15) is 0 Å². The fraction of sp³-hybridized carbons (Fsp3) is 0.364. The zero-order valence-electron chi connectivity index (χ0n) is 8.72. The first-order valence-electron chi connectivity index (χ1n) is 4.93. The summed E-state index contributed by atoms with van der Waals surface area (Å²) >= 11 is 11.9. The van der Waals surface area contributed by atoms with Gasteiger partial charge in [0.1, 0.15) is 5.82 Å². The highest BCUT2D eigenvalue weighted by Crippen LogP contribution is 2.27. The number of halogens is 2. The van der Waals surface area contributed by atoms with Gasteiger partial charge in [0.15, 0.2) is 0 Å². The number of rotatable bonds is 2. The topological polar surface area (TPSA) is 17.8 Å². The van der Waals surface area contributed by atoms with E-state index in [4.69, 9.17) is 23.2 Å². The van der Waals surface area contributed by atoms with Crippen LogP contribution in [0.25, 0.3) is 11.0 Å². The van der Waals surface area contributed by atoms with Gasteiger partial charge in [0.25, 0.3) is 0 Å². The average Bonchev–Trinajstić information content (AvgIpc) is 2.47. The molecule has 0 radical (unpaired) electrons. The van der Waals surface area contributed by atoms with E-state index in [1.165, 1.54) is 0 Å². The Morgan fingerprint density at radius 1 is 1.27 bits per heavy atom. The lowest BCUT2D eigenvalue weighted by molar-refractivity contribution is 0.773. The van der Waals surface area contributed by atoms with Gasteiger partial charge in [0.2, 0.25) is 0 Å². The van der Waals surface area contributed by atoms with Gasteiger partial charge in [-0.05, 0) is 18.6 Å². The first kappa shape index (κ1) is 10.8. The van der Waals surface area contributed by atoms with Crippen molar-refractivity contribution in [3.8, 4) is 0 Å². The van der Waals surface area contributed by atoms with Crippen LogP contribution in [-0.2, 0) is 13.5 Å². The molecule has 1 aromatic heterocycles. The summed E-state index contributed by atoms with van der Waals surface area (Å²) < 4.78 is 2.07. The second kappa shape index (κ2) is 4.03. The van der Waals surface area contributed by atoms with Gasteiger partial charge in [0, 0.05) is 13.5 Å². The van der Waals surface area contributed by atoms with Crippen LogP contribution in [0.2, 0.25) is 10.0 Å². The van der Waals surface area contributed by atoms with Crippen molar-refractivity contribution in [1.82, 2.24) is 9.55 Å². The van der Waals surface area contributed by atoms with Crippen molar-refractivity contribution >= 4 is 34.2 Å². The zero-order valence-corrected chi connectivity index (χ0v) is 10.2. The number of aryl methyl sites for hydroxylation is 2. The molecule has 0 saturated carbocycles. The molecule has 2 rings (SSSR count). The Morgan fingerprint density at radius 3 is 2.60 bits per heavy atom. The summed E-state index contributed by atoms with van der Waals surface area (Å²) in [6.45, 7) is 2.14. The summed E-state index contributed by atoms with van der Waals surface area (Å²) in [6, 6.07) is 3.68. The second-order valence-electron chi connectivity index (χ2n) is 3.59. The third kappa shape index (κ3) is 1.84. The lowest BCUT2D eigenvalue weighted by Crippen LogP contribution is -1.96. The smallest absolute Gasteiger partial charge is 0.109 e. The first-order valence-corrected chi connectivity index (χ1v) is 5.69. The molecule has 4 heteroatoms. The molecule has 0 bridgehead atoms. The number of fused-ring (bicyclic) bond motifs is 1. The Bertz CT molecular complexity index is 503. The number of imidazole rings is 1. The van der Waals surface area contributed by atoms with Gasteiger partial charge in [-0.25, -0.2) is 4.98 Å². The maximum Gasteiger partial charge on any atom is 0.109 e. The molecule has 0 aliphatic rings. The molecule has 0 N–H and O–H groups in total. The Balaban J connectivity index is 2.66. The predicted molar refractivity (Wildman–Crippen MR) is 64.7 cm³/mol. The maximum atomic E-state index is 5.97. The van der Waals surface area contributed by atoms with E-state index >= 15 is 0 Å². The number of benzene rings is 1. The highest BCUT2D eigenvalue weighted by molar-refractivity contribution is 6.42. The second-order valence-corrected chi connectivity index (χ2v) is 4.41. The van der Waals surface area contributed by atoms with Gasteiger partial charge < -0.3 is 4.57 Å². The number of hydrogen-bond donors (Lipinski definition) is 0. The minimum Gasteiger partial charge on any atom is -0.331 e. The average molecular weight is 243 g/mol. The number of hydrogen-bond acceptors (Lipinski definition) is 1. The van der Waals surface area contributed by atoms with Crippen LogP contribution in [-0.4, -0.2) is 9.55 Å². The van der Waals surface area contributed by atoms with E-state index in [2.05, 4.69) is 16.5 Å². The number of aromatic nitrogens is 2. The summed E-state index contributed by atoms with van der Waals surface area (Å²) in [4.78, 5) is 4.52. The van der Waals surface area contributed by atoms with Crippen molar-refractivity contribution in [1.29, 1.82) is 0 Å². The molecule has 0 amide bonds. The van der Waals surface area contributed by atoms with Gasteiger partial charge >= 0.3 is 0 Å². The van der Waals surface area contributed by atoms with Crippen molar-refractivity contribution < 1.29 is 0 Å². The lowest BCUT2D eigenvalue weighted by atomic mass is 10.3. The monoisotopic (exact) mass is 242 g/mol. The zero-order chi connectivity index (χ0) is 11.0. The van der Waals surface area contributed by atoms with Crippen molar-refractivity contribution in [2.45, 2.75) is 19.8 Å². The van der Waals surface area contributed by atoms with Crippen LogP contribution in [0.4, 0.5) is 0 Å². The maximum absolute atomic E-state index is 5.97. The fourth-order valence-electron chi connectivity index (χ4n) is 1.68. The van der Waals surface area contributed by atoms with E-state index in [1.807, 2.05) is 19.2 Å². The molecule has 80 valence electrons.